The predicted molar refractivity (Wildman–Crippen MR) is 77.7 cm³/mol. The fourth-order valence-corrected chi connectivity index (χ4v) is 1.70. The molecular formula is C15H24N2O2. The summed E-state index contributed by atoms with van der Waals surface area (Å²) in [6.45, 7) is 9.81. The Morgan fingerprint density at radius 1 is 1.21 bits per heavy atom. The van der Waals surface area contributed by atoms with Crippen LogP contribution in [0.2, 0.25) is 0 Å². The van der Waals surface area contributed by atoms with Crippen LogP contribution in [0.3, 0.4) is 0 Å². The molecule has 0 spiro atoms. The average Bonchev–Trinajstić information content (AvgIpc) is 2.35. The van der Waals surface area contributed by atoms with E-state index >= 15 is 0 Å². The molecule has 0 atom stereocenters. The molecule has 0 aliphatic rings. The van der Waals surface area contributed by atoms with Gasteiger partial charge in [0.05, 0.1) is 6.54 Å². The maximum absolute atomic E-state index is 11.4. The van der Waals surface area contributed by atoms with E-state index in [2.05, 4.69) is 24.5 Å². The van der Waals surface area contributed by atoms with Crippen molar-refractivity contribution < 1.29 is 9.53 Å². The van der Waals surface area contributed by atoms with Crippen LogP contribution in [-0.2, 0) is 0 Å². The van der Waals surface area contributed by atoms with Gasteiger partial charge in [0.2, 0.25) is 0 Å². The summed E-state index contributed by atoms with van der Waals surface area (Å²) in [7, 11) is 0. The lowest BCUT2D eigenvalue weighted by molar-refractivity contribution is 0.235. The van der Waals surface area contributed by atoms with Crippen LogP contribution >= 0.6 is 0 Å². The van der Waals surface area contributed by atoms with Crippen LogP contribution in [0.4, 0.5) is 4.79 Å². The van der Waals surface area contributed by atoms with Crippen molar-refractivity contribution in [3.8, 4) is 5.75 Å². The van der Waals surface area contributed by atoms with Crippen molar-refractivity contribution in [2.24, 2.45) is 5.92 Å². The number of urea groups is 1. The van der Waals surface area contributed by atoms with Crippen LogP contribution < -0.4 is 15.4 Å². The molecule has 0 aromatic heterocycles. The van der Waals surface area contributed by atoms with Crippen molar-refractivity contribution in [1.29, 1.82) is 0 Å². The van der Waals surface area contributed by atoms with Gasteiger partial charge in [0, 0.05) is 6.54 Å². The van der Waals surface area contributed by atoms with E-state index in [4.69, 9.17) is 4.74 Å². The number of benzene rings is 1. The summed E-state index contributed by atoms with van der Waals surface area (Å²) < 4.78 is 5.70. The normalized spacial score (nSPS) is 10.4. The number of nitrogens with one attached hydrogen (secondary N) is 2. The van der Waals surface area contributed by atoms with Crippen molar-refractivity contribution in [2.45, 2.75) is 27.7 Å². The zero-order valence-corrected chi connectivity index (χ0v) is 12.2. The Bertz CT molecular complexity index is 396. The van der Waals surface area contributed by atoms with E-state index < -0.39 is 0 Å². The number of hydrogen-bond acceptors (Lipinski definition) is 2. The molecule has 19 heavy (non-hydrogen) atoms. The van der Waals surface area contributed by atoms with Crippen LogP contribution in [0, 0.1) is 19.8 Å². The number of carbonyl (C=O) groups is 1. The third kappa shape index (κ3) is 5.64. The molecule has 0 unspecified atom stereocenters. The SMILES string of the molecule is Cc1cccc(C)c1OCCNC(=O)NCC(C)C. The first-order valence-electron chi connectivity index (χ1n) is 6.71. The molecule has 0 saturated carbocycles. The Hall–Kier alpha value is -1.71. The van der Waals surface area contributed by atoms with Crippen LogP contribution in [0.25, 0.3) is 0 Å². The minimum atomic E-state index is -0.140. The molecule has 0 aliphatic heterocycles. The Balaban J connectivity index is 2.26. The first-order valence-corrected chi connectivity index (χ1v) is 6.71. The van der Waals surface area contributed by atoms with E-state index in [1.54, 1.807) is 0 Å². The Morgan fingerprint density at radius 2 is 1.84 bits per heavy atom. The third-order valence-corrected chi connectivity index (χ3v) is 2.71. The smallest absolute Gasteiger partial charge is 0.314 e. The highest BCUT2D eigenvalue weighted by atomic mass is 16.5. The Morgan fingerprint density at radius 3 is 2.42 bits per heavy atom. The Kier molecular flexibility index (Phi) is 6.19. The fourth-order valence-electron chi connectivity index (χ4n) is 1.70. The molecule has 1 rings (SSSR count). The van der Waals surface area contributed by atoms with Gasteiger partial charge in [-0.3, -0.25) is 0 Å². The molecule has 0 aliphatic carbocycles. The molecule has 2 N–H and O–H groups in total. The van der Waals surface area contributed by atoms with Gasteiger partial charge in [0.25, 0.3) is 0 Å². The van der Waals surface area contributed by atoms with Crippen molar-refractivity contribution in [2.75, 3.05) is 19.7 Å². The summed E-state index contributed by atoms with van der Waals surface area (Å²) in [5.74, 6) is 1.36. The molecule has 0 saturated heterocycles. The zero-order valence-electron chi connectivity index (χ0n) is 12.2. The van der Waals surface area contributed by atoms with Crippen LogP contribution in [0.15, 0.2) is 18.2 Å². The Labute approximate surface area is 115 Å². The summed E-state index contributed by atoms with van der Waals surface area (Å²) >= 11 is 0. The van der Waals surface area contributed by atoms with E-state index in [-0.39, 0.29) is 6.03 Å². The molecule has 0 bridgehead atoms. The molecule has 0 fully saturated rings. The van der Waals surface area contributed by atoms with Crippen LogP contribution in [-0.4, -0.2) is 25.7 Å². The largest absolute Gasteiger partial charge is 0.491 e. The van der Waals surface area contributed by atoms with Gasteiger partial charge in [0.1, 0.15) is 12.4 Å². The van der Waals surface area contributed by atoms with Gasteiger partial charge in [-0.2, -0.15) is 0 Å². The van der Waals surface area contributed by atoms with E-state index in [0.29, 0.717) is 25.6 Å². The van der Waals surface area contributed by atoms with Gasteiger partial charge < -0.3 is 15.4 Å². The number of rotatable bonds is 6. The number of carbonyl (C=O) groups excluding carboxylic acids is 1. The van der Waals surface area contributed by atoms with Crippen LogP contribution in [0.5, 0.6) is 5.75 Å². The molecule has 4 nitrogen and oxygen atoms in total. The number of para-hydroxylation sites is 1. The van der Waals surface area contributed by atoms with E-state index in [1.807, 2.05) is 32.0 Å². The molecule has 2 amide bonds. The lowest BCUT2D eigenvalue weighted by atomic mass is 10.1. The van der Waals surface area contributed by atoms with Crippen molar-refractivity contribution >= 4 is 6.03 Å². The van der Waals surface area contributed by atoms with Gasteiger partial charge in [-0.05, 0) is 30.9 Å². The molecule has 0 heterocycles. The highest BCUT2D eigenvalue weighted by Crippen LogP contribution is 2.21. The third-order valence-electron chi connectivity index (χ3n) is 2.71. The molecule has 1 aromatic rings. The number of amides is 2. The van der Waals surface area contributed by atoms with Crippen molar-refractivity contribution in [3.63, 3.8) is 0 Å². The van der Waals surface area contributed by atoms with E-state index in [1.165, 1.54) is 0 Å². The molecular weight excluding hydrogens is 240 g/mol. The molecule has 1 aromatic carbocycles. The highest BCUT2D eigenvalue weighted by molar-refractivity contribution is 5.73. The second kappa shape index (κ2) is 7.67. The quantitative estimate of drug-likeness (QED) is 0.776. The first-order chi connectivity index (χ1) is 9.00. The number of ether oxygens (including phenoxy) is 1. The lowest BCUT2D eigenvalue weighted by Gasteiger charge is -2.13. The highest BCUT2D eigenvalue weighted by Gasteiger charge is 2.04. The lowest BCUT2D eigenvalue weighted by Crippen LogP contribution is -2.39. The van der Waals surface area contributed by atoms with E-state index in [9.17, 15) is 4.79 Å². The fraction of sp³-hybridized carbons (Fsp3) is 0.533. The predicted octanol–water partition coefficient (Wildman–Crippen LogP) is 2.64. The van der Waals surface area contributed by atoms with Gasteiger partial charge in [0.15, 0.2) is 0 Å². The van der Waals surface area contributed by atoms with Gasteiger partial charge in [-0.15, -0.1) is 0 Å². The second-order valence-corrected chi connectivity index (χ2v) is 5.10. The van der Waals surface area contributed by atoms with Crippen molar-refractivity contribution in [1.82, 2.24) is 10.6 Å². The number of aryl methyl sites for hydroxylation is 2. The van der Waals surface area contributed by atoms with Crippen molar-refractivity contribution in [3.05, 3.63) is 29.3 Å². The monoisotopic (exact) mass is 264 g/mol. The summed E-state index contributed by atoms with van der Waals surface area (Å²) in [6, 6.07) is 5.91. The van der Waals surface area contributed by atoms with Gasteiger partial charge >= 0.3 is 6.03 Å². The minimum absolute atomic E-state index is 0.140. The summed E-state index contributed by atoms with van der Waals surface area (Å²) in [5, 5.41) is 5.57. The second-order valence-electron chi connectivity index (χ2n) is 5.10. The average molecular weight is 264 g/mol. The maximum Gasteiger partial charge on any atom is 0.314 e. The zero-order chi connectivity index (χ0) is 14.3. The number of hydrogen-bond donors (Lipinski definition) is 2. The van der Waals surface area contributed by atoms with Gasteiger partial charge in [-0.1, -0.05) is 32.0 Å². The van der Waals surface area contributed by atoms with Crippen LogP contribution in [0.1, 0.15) is 25.0 Å². The maximum atomic E-state index is 11.4. The molecule has 0 radical (unpaired) electrons. The first kappa shape index (κ1) is 15.3. The standard InChI is InChI=1S/C15H24N2O2/c1-11(2)10-17-15(18)16-8-9-19-14-12(3)6-5-7-13(14)4/h5-7,11H,8-10H2,1-4H3,(H2,16,17,18). The summed E-state index contributed by atoms with van der Waals surface area (Å²) in [6.07, 6.45) is 0. The molecule has 4 heteroatoms. The van der Waals surface area contributed by atoms with Gasteiger partial charge in [-0.25, -0.2) is 4.79 Å². The minimum Gasteiger partial charge on any atom is -0.491 e. The topological polar surface area (TPSA) is 50.4 Å². The summed E-state index contributed by atoms with van der Waals surface area (Å²) in [4.78, 5) is 11.4. The molecule has 106 valence electrons. The summed E-state index contributed by atoms with van der Waals surface area (Å²) in [5.41, 5.74) is 2.23. The van der Waals surface area contributed by atoms with E-state index in [0.717, 1.165) is 16.9 Å².